The molecule has 0 saturated carbocycles. The number of halogens is 33. The smallest absolute Gasteiger partial charge is 0.545 e. The Morgan fingerprint density at radius 2 is 0.681 bits per heavy atom. The summed E-state index contributed by atoms with van der Waals surface area (Å²) < 4.78 is 49.5. The molecule has 2 N–H and O–H groups in total. The van der Waals surface area contributed by atoms with Crippen LogP contribution in [0.2, 0.25) is 0 Å². The molecule has 4 rings (SSSR count). The van der Waals surface area contributed by atoms with Crippen LogP contribution in [0.3, 0.4) is 0 Å². The number of rotatable bonds is 46. The molecule has 0 saturated heterocycles. The van der Waals surface area contributed by atoms with Crippen molar-refractivity contribution in [3.63, 3.8) is 0 Å². The van der Waals surface area contributed by atoms with E-state index in [4.69, 9.17) is 422 Å². The van der Waals surface area contributed by atoms with E-state index in [1.54, 1.807) is 20.8 Å². The number of allylic oxidation sites excluding steroid dienone is 7. The van der Waals surface area contributed by atoms with Crippen LogP contribution in [0, 0.1) is 5.41 Å². The fourth-order valence-electron chi connectivity index (χ4n) is 10.6. The minimum atomic E-state index is -1.67. The zero-order valence-corrected chi connectivity index (χ0v) is 110. The normalized spacial score (nSPS) is 16.2. The van der Waals surface area contributed by atoms with Crippen LogP contribution in [-0.2, 0) is 80.8 Å². The SMILES string of the molecule is C/C(CBr)=C(\CCC(OCC(Cl)(Cl)Cl)OCC(Cl)(Cl)Cl)C(=O)[O-].C/C(CBr)=C(\CCC(OCC(Cl)(Cl)Cl)OCC(Cl)(Cl)Cl)C1=NC(C)(C)CO1.C/C(CCl)=C(\CCC(OCC(Cl)(Cl)Cl)OCC(Cl)(Cl)Cl)C(=O)[O-].C/C(CO)=C(\CCC(OCC(Cl)(Cl)Cl)OCC(Cl)(Cl)Cl)C1=NC(C)(C)CO1.CC(C)(C)CO.CC1=C(CCC(OCC(Cl)(Cl)Cl)OCC(Cl)(Cl)Cl)CCC1=O.CC1=C(CCC=O)C(=O)CC1.[Na+].[Na+]. The number of aliphatic hydroxyl groups excluding tert-OH is 2. The minimum absolute atomic E-state index is 0. The maximum absolute atomic E-state index is 11.5. The number of ether oxygens (including phenoxy) is 12. The van der Waals surface area contributed by atoms with Crippen LogP contribution in [0.4, 0.5) is 0 Å². The molecule has 0 aromatic rings. The fourth-order valence-corrected chi connectivity index (χ4v) is 13.4. The zero-order chi connectivity index (χ0) is 109. The Kier molecular flexibility index (Phi) is 84.9. The molecule has 2 aliphatic carbocycles. The van der Waals surface area contributed by atoms with E-state index in [1.165, 1.54) is 5.57 Å². The van der Waals surface area contributed by atoms with Gasteiger partial charge in [-0.2, -0.15) is 0 Å². The number of aldehydes is 1. The van der Waals surface area contributed by atoms with Gasteiger partial charge in [-0.15, -0.1) is 11.6 Å². The van der Waals surface area contributed by atoms with Crippen LogP contribution in [0.15, 0.2) is 76.9 Å². The molecule has 23 nitrogen and oxygen atoms in total. The maximum Gasteiger partial charge on any atom is 1.00 e. The van der Waals surface area contributed by atoms with Gasteiger partial charge >= 0.3 is 59.1 Å². The zero-order valence-electron chi connectivity index (χ0n) is 79.3. The number of carbonyl (C=O) groups excluding carboxylic acids is 5. The number of hydrogen-bond acceptors (Lipinski definition) is 23. The predicted octanol–water partition coefficient (Wildman–Crippen LogP) is 22.9. The Bertz CT molecular complexity index is 3700. The second kappa shape index (κ2) is 76.6. The van der Waals surface area contributed by atoms with Crippen molar-refractivity contribution in [1.29, 1.82) is 0 Å². The van der Waals surface area contributed by atoms with E-state index in [9.17, 15) is 39.3 Å². The first-order chi connectivity index (χ1) is 62.9. The van der Waals surface area contributed by atoms with Gasteiger partial charge in [-0.25, -0.2) is 9.98 Å². The topological polar surface area (TPSA) is 307 Å². The summed E-state index contributed by atoms with van der Waals surface area (Å²) in [5, 5.41) is 41.3. The monoisotopic (exact) mass is 2760 g/mol. The summed E-state index contributed by atoms with van der Waals surface area (Å²) in [4.78, 5) is 64.1. The molecule has 0 radical (unpaired) electrons. The molecule has 0 atom stereocenters. The van der Waals surface area contributed by atoms with Gasteiger partial charge in [-0.3, -0.25) is 9.59 Å². The number of aliphatic carboxylic acids is 2. The number of carboxylic acids is 2. The third kappa shape index (κ3) is 88.2. The standard InChI is InChI=1S/C16H22BrCl6NO3.C16H23Cl6NO4.C13H16Cl6O3.C12H15BrCl6O4.C12H15Cl7O4.C9H12O2.C5H12O.2Na/c1-10(6-17)11(13-24-14(2,3)7-27-13)4-5-12(25-8-15(18,19)20)26-9-16(21,22)23;1-10(6-24)11(13-23-14(2,3)7-27-13)4-5-12(25-8-15(17,18)19)26-9-16(20,21)22;1-8-9(2-4-10(8)20)3-5-11(21-6-12(14,15)16)22-7-13(17,18)19;2*1-7(4-13)8(10(20)21)2-3-9(22-5-11(14,15)16)23-6-12(17,18)19;1-7-4-5-9(11)8(7)3-2-6-10;1-5(2,3)4-6;;/h12H,4-9H2,1-3H3;12,24H,4-9H2,1-3H3;11H,2-7H2,1H3;2*9H,2-6H2,1H3,(H,20,21);6H,2-5H2,1H3;6H,4H2,1-3H3;;/q;;;;;;;2*+1/p-2/b2*11-10-;;2*8-7-;;;;. The van der Waals surface area contributed by atoms with Gasteiger partial charge in [0.15, 0.2) is 43.0 Å². The van der Waals surface area contributed by atoms with E-state index in [2.05, 4.69) is 41.8 Å². The van der Waals surface area contributed by atoms with E-state index in [1.807, 2.05) is 69.2 Å². The van der Waals surface area contributed by atoms with Crippen LogP contribution in [0.25, 0.3) is 0 Å². The third-order valence-electron chi connectivity index (χ3n) is 17.5. The maximum atomic E-state index is 11.5. The van der Waals surface area contributed by atoms with Gasteiger partial charge in [-0.05, 0) is 154 Å². The quantitative estimate of drug-likeness (QED) is 0.0188. The molecular formula is C83H113Br2Cl31N2Na2O21. The minimum Gasteiger partial charge on any atom is -0.545 e. The Labute approximate surface area is 1040 Å². The van der Waals surface area contributed by atoms with Crippen LogP contribution in [0.5, 0.6) is 0 Å². The number of ketones is 2. The molecular weight excluding hydrogens is 2670 g/mol. The van der Waals surface area contributed by atoms with Gasteiger partial charge < -0.3 is 91.7 Å². The Balaban J connectivity index is -0.000000523. The summed E-state index contributed by atoms with van der Waals surface area (Å²) in [7, 11) is 0. The van der Waals surface area contributed by atoms with E-state index in [0.29, 0.717) is 111 Å². The fraction of sp³-hybridized carbons (Fsp3) is 0.771. The second-order valence-corrected chi connectivity index (χ2v) is 59.6. The van der Waals surface area contributed by atoms with Crippen molar-refractivity contribution in [2.24, 2.45) is 15.4 Å². The van der Waals surface area contributed by atoms with Crippen LogP contribution in [0.1, 0.15) is 193 Å². The molecule has 4 aliphatic rings. The number of nitrogens with zero attached hydrogens (tertiary/aromatic N) is 2. The molecule has 58 heteroatoms. The van der Waals surface area contributed by atoms with Crippen molar-refractivity contribution in [2.75, 3.05) is 109 Å². The molecule has 0 amide bonds. The number of carbonyl (C=O) groups is 5. The summed E-state index contributed by atoms with van der Waals surface area (Å²) in [6.45, 7) is 23.7. The molecule has 0 aromatic carbocycles. The number of alkyl halides is 33. The van der Waals surface area contributed by atoms with E-state index in [0.717, 1.165) is 58.1 Å². The molecule has 0 unspecified atom stereocenters. The molecule has 2 heterocycles. The second-order valence-electron chi connectivity index (χ2n) is 33.1. The van der Waals surface area contributed by atoms with E-state index in [-0.39, 0.29) is 209 Å². The summed E-state index contributed by atoms with van der Waals surface area (Å²) in [5.74, 6) is -1.02. The van der Waals surface area contributed by atoms with E-state index >= 15 is 0 Å². The average Bonchev–Trinajstić information content (AvgIpc) is 1.69. The first-order valence-electron chi connectivity index (χ1n) is 41.2. The number of aliphatic imine (C=N–C) groups is 2. The van der Waals surface area contributed by atoms with Gasteiger partial charge in [0.25, 0.3) is 0 Å². The van der Waals surface area contributed by atoms with Gasteiger partial charge in [0, 0.05) is 85.7 Å². The average molecular weight is 2780 g/mol. The number of Topliss-reactive ketones (excluding diaryl/α,β-unsaturated/α-hetero) is 2. The van der Waals surface area contributed by atoms with Crippen molar-refractivity contribution < 1.29 is 160 Å². The third-order valence-corrected chi connectivity index (χ3v) is 22.9. The summed E-state index contributed by atoms with van der Waals surface area (Å²) in [5.41, 5.74) is 8.29. The van der Waals surface area contributed by atoms with Crippen molar-refractivity contribution >= 4 is 433 Å². The van der Waals surface area contributed by atoms with Crippen LogP contribution < -0.4 is 69.3 Å². The first kappa shape index (κ1) is 156. The predicted molar refractivity (Wildman–Crippen MR) is 584 cm³/mol. The number of aliphatic hydroxyl groups is 2. The molecule has 2 aliphatic heterocycles. The summed E-state index contributed by atoms with van der Waals surface area (Å²) >= 11 is 182. The Morgan fingerprint density at radius 1 is 0.418 bits per heavy atom. The summed E-state index contributed by atoms with van der Waals surface area (Å²) in [6, 6.07) is 0. The van der Waals surface area contributed by atoms with Gasteiger partial charge in [0.05, 0.1) is 95.7 Å². The van der Waals surface area contributed by atoms with Crippen molar-refractivity contribution in [3.05, 3.63) is 66.9 Å². The first-order valence-corrected chi connectivity index (χ1v) is 55.3. The summed E-state index contributed by atoms with van der Waals surface area (Å²) in [6.07, 6.45) is 4.10. The molecule has 814 valence electrons. The molecule has 0 bridgehead atoms. The Morgan fingerprint density at radius 3 is 0.887 bits per heavy atom. The molecule has 0 spiro atoms. The van der Waals surface area contributed by atoms with Gasteiger partial charge in [-0.1, -0.05) is 429 Å². The van der Waals surface area contributed by atoms with Crippen molar-refractivity contribution in [2.45, 2.75) is 273 Å². The Hall–Kier alpha value is 6.80. The van der Waals surface area contributed by atoms with Crippen molar-refractivity contribution in [1.82, 2.24) is 0 Å². The van der Waals surface area contributed by atoms with E-state index < -0.39 is 81.3 Å². The molecule has 0 aromatic heterocycles. The molecule has 0 fully saturated rings. The van der Waals surface area contributed by atoms with Gasteiger partial charge in [0.2, 0.25) is 49.7 Å². The number of hydrogen-bond donors (Lipinski definition) is 2. The van der Waals surface area contributed by atoms with Crippen LogP contribution >= 0.6 is 391 Å². The van der Waals surface area contributed by atoms with Crippen molar-refractivity contribution in [3.8, 4) is 0 Å². The van der Waals surface area contributed by atoms with Gasteiger partial charge in [0.1, 0.15) is 19.5 Å². The van der Waals surface area contributed by atoms with Crippen LogP contribution in [-0.4, -0.2) is 241 Å². The molecule has 141 heavy (non-hydrogen) atoms. The largest absolute Gasteiger partial charge is 1.00 e. The number of carboxylic acid groups (broad SMARTS) is 2.